The van der Waals surface area contributed by atoms with Crippen molar-refractivity contribution in [3.05, 3.63) is 57.6 Å². The molecular formula is C22H23FN4OS. The number of rotatable bonds is 3. The monoisotopic (exact) mass is 410 g/mol. The van der Waals surface area contributed by atoms with E-state index < -0.39 is 5.67 Å². The Balaban J connectivity index is 1.59. The van der Waals surface area contributed by atoms with Crippen molar-refractivity contribution in [1.29, 1.82) is 0 Å². The Morgan fingerprint density at radius 2 is 2.03 bits per heavy atom. The maximum atomic E-state index is 15.5. The summed E-state index contributed by atoms with van der Waals surface area (Å²) in [7, 11) is 0. The van der Waals surface area contributed by atoms with Crippen LogP contribution in [0.4, 0.5) is 10.1 Å². The number of carbonyl (C=O) groups excluding carboxylic acids is 1. The van der Waals surface area contributed by atoms with Gasteiger partial charge < -0.3 is 10.6 Å². The van der Waals surface area contributed by atoms with Crippen LogP contribution in [0.1, 0.15) is 45.9 Å². The molecule has 0 saturated carbocycles. The highest BCUT2D eigenvalue weighted by molar-refractivity contribution is 7.21. The van der Waals surface area contributed by atoms with Gasteiger partial charge >= 0.3 is 0 Å². The molecule has 2 aromatic heterocycles. The zero-order valence-corrected chi connectivity index (χ0v) is 17.7. The van der Waals surface area contributed by atoms with Gasteiger partial charge in [0.15, 0.2) is 5.67 Å². The van der Waals surface area contributed by atoms with Crippen molar-refractivity contribution in [2.75, 3.05) is 18.8 Å². The Morgan fingerprint density at radius 3 is 2.72 bits per heavy atom. The minimum Gasteiger partial charge on any atom is -0.397 e. The van der Waals surface area contributed by atoms with Crippen LogP contribution in [0.3, 0.4) is 0 Å². The second-order valence-electron chi connectivity index (χ2n) is 7.61. The average molecular weight is 411 g/mol. The first-order valence-corrected chi connectivity index (χ1v) is 10.3. The number of hydrogen-bond donors (Lipinski definition) is 1. The molecule has 29 heavy (non-hydrogen) atoms. The molecule has 150 valence electrons. The van der Waals surface area contributed by atoms with E-state index in [1.54, 1.807) is 6.07 Å². The molecule has 0 radical (unpaired) electrons. The molecule has 0 aliphatic carbocycles. The number of fused-ring (bicyclic) bond motifs is 1. The number of halogens is 1. The number of nitrogens with zero attached hydrogens (tertiary/aromatic N) is 3. The van der Waals surface area contributed by atoms with Crippen molar-refractivity contribution >= 4 is 38.7 Å². The van der Waals surface area contributed by atoms with Crippen LogP contribution >= 0.6 is 11.3 Å². The molecule has 5 nitrogen and oxygen atoms in total. The summed E-state index contributed by atoms with van der Waals surface area (Å²) in [5.41, 5.74) is 9.51. The standard InChI is InChI=1S/C22H23FN4OS/c1-5-12(2)15-7-6-8-16(9-15)22(23)10-27(11-22)21(28)19-18(24)17-13(3)14(4)25-26-20(17)29-19/h5-9H,10-11,24H2,1-4H3/b12-5+. The zero-order valence-electron chi connectivity index (χ0n) is 16.9. The van der Waals surface area contributed by atoms with Crippen LogP contribution in [0.5, 0.6) is 0 Å². The minimum atomic E-state index is -1.54. The number of alkyl halides is 1. The Labute approximate surface area is 173 Å². The van der Waals surface area contributed by atoms with Crippen molar-refractivity contribution in [2.45, 2.75) is 33.4 Å². The molecular weight excluding hydrogens is 387 g/mol. The molecule has 0 spiro atoms. The van der Waals surface area contributed by atoms with Gasteiger partial charge in [-0.15, -0.1) is 16.4 Å². The molecule has 1 aliphatic heterocycles. The first kappa shape index (κ1) is 19.5. The van der Waals surface area contributed by atoms with Gasteiger partial charge in [0.2, 0.25) is 0 Å². The smallest absolute Gasteiger partial charge is 0.266 e. The van der Waals surface area contributed by atoms with Crippen LogP contribution in [0, 0.1) is 13.8 Å². The van der Waals surface area contributed by atoms with Gasteiger partial charge in [0.1, 0.15) is 9.71 Å². The number of thiophene rings is 1. The number of allylic oxidation sites excluding steroid dienone is 2. The van der Waals surface area contributed by atoms with E-state index in [-0.39, 0.29) is 19.0 Å². The fraction of sp³-hybridized carbons (Fsp3) is 0.318. The zero-order chi connectivity index (χ0) is 20.9. The molecule has 1 aromatic carbocycles. The number of nitrogens with two attached hydrogens (primary N) is 1. The van der Waals surface area contributed by atoms with E-state index >= 15 is 4.39 Å². The third-order valence-electron chi connectivity index (χ3n) is 5.77. The molecule has 3 aromatic rings. The molecule has 4 rings (SSSR count). The van der Waals surface area contributed by atoms with Crippen LogP contribution in [-0.2, 0) is 5.67 Å². The van der Waals surface area contributed by atoms with Crippen LogP contribution in [0.25, 0.3) is 15.8 Å². The first-order chi connectivity index (χ1) is 13.7. The molecule has 1 amide bonds. The summed E-state index contributed by atoms with van der Waals surface area (Å²) in [6.45, 7) is 7.76. The van der Waals surface area contributed by atoms with Crippen LogP contribution in [-0.4, -0.2) is 34.1 Å². The number of carbonyl (C=O) groups is 1. The van der Waals surface area contributed by atoms with Gasteiger partial charge in [-0.3, -0.25) is 4.79 Å². The van der Waals surface area contributed by atoms with E-state index in [0.29, 0.717) is 21.0 Å². The molecule has 0 bridgehead atoms. The van der Waals surface area contributed by atoms with Crippen LogP contribution < -0.4 is 5.73 Å². The van der Waals surface area contributed by atoms with Gasteiger partial charge in [-0.05, 0) is 56.0 Å². The SMILES string of the molecule is C/C=C(\C)c1cccc(C2(F)CN(C(=O)c3sc4nnc(C)c(C)c4c3N)C2)c1. The number of likely N-dealkylation sites (tertiary alicyclic amines) is 1. The number of aryl methyl sites for hydroxylation is 2. The lowest BCUT2D eigenvalue weighted by Crippen LogP contribution is -2.58. The van der Waals surface area contributed by atoms with Gasteiger partial charge in [-0.25, -0.2) is 4.39 Å². The normalized spacial score (nSPS) is 16.2. The number of anilines is 1. The topological polar surface area (TPSA) is 72.1 Å². The van der Waals surface area contributed by atoms with Crippen LogP contribution in [0.2, 0.25) is 0 Å². The third kappa shape index (κ3) is 3.09. The highest BCUT2D eigenvalue weighted by Crippen LogP contribution is 2.41. The van der Waals surface area contributed by atoms with Crippen molar-refractivity contribution in [3.63, 3.8) is 0 Å². The first-order valence-electron chi connectivity index (χ1n) is 9.49. The fourth-order valence-electron chi connectivity index (χ4n) is 3.64. The fourth-order valence-corrected chi connectivity index (χ4v) is 4.71. The molecule has 1 saturated heterocycles. The predicted molar refractivity (Wildman–Crippen MR) is 116 cm³/mol. The Hall–Kier alpha value is -2.80. The van der Waals surface area contributed by atoms with Gasteiger partial charge in [0, 0.05) is 5.39 Å². The Kier molecular flexibility index (Phi) is 4.65. The number of amides is 1. The summed E-state index contributed by atoms with van der Waals surface area (Å²) in [5, 5.41) is 9.04. The number of benzene rings is 1. The van der Waals surface area contributed by atoms with Gasteiger partial charge in [-0.1, -0.05) is 24.3 Å². The number of hydrogen-bond acceptors (Lipinski definition) is 5. The van der Waals surface area contributed by atoms with Crippen molar-refractivity contribution in [2.24, 2.45) is 0 Å². The quantitative estimate of drug-likeness (QED) is 0.683. The highest BCUT2D eigenvalue weighted by atomic mass is 32.1. The summed E-state index contributed by atoms with van der Waals surface area (Å²) >= 11 is 1.22. The van der Waals surface area contributed by atoms with E-state index in [1.165, 1.54) is 16.2 Å². The summed E-state index contributed by atoms with van der Waals surface area (Å²) in [6, 6.07) is 7.47. The van der Waals surface area contributed by atoms with Crippen LogP contribution in [0.15, 0.2) is 30.3 Å². The average Bonchev–Trinajstić information content (AvgIpc) is 3.04. The van der Waals surface area contributed by atoms with E-state index in [4.69, 9.17) is 5.73 Å². The van der Waals surface area contributed by atoms with Crippen molar-refractivity contribution < 1.29 is 9.18 Å². The Morgan fingerprint density at radius 1 is 1.31 bits per heavy atom. The lowest BCUT2D eigenvalue weighted by Gasteiger charge is -2.44. The molecule has 1 fully saturated rings. The summed E-state index contributed by atoms with van der Waals surface area (Å²) in [6.07, 6.45) is 2.00. The predicted octanol–water partition coefficient (Wildman–Crippen LogP) is 4.63. The summed E-state index contributed by atoms with van der Waals surface area (Å²) < 4.78 is 15.5. The number of nitrogen functional groups attached to an aromatic ring is 1. The second kappa shape index (κ2) is 6.91. The second-order valence-corrected chi connectivity index (χ2v) is 8.61. The Bertz CT molecular complexity index is 1160. The highest BCUT2D eigenvalue weighted by Gasteiger charge is 2.48. The molecule has 1 aliphatic rings. The molecule has 7 heteroatoms. The molecule has 0 unspecified atom stereocenters. The van der Waals surface area contributed by atoms with Gasteiger partial charge in [-0.2, -0.15) is 5.10 Å². The molecule has 3 heterocycles. The summed E-state index contributed by atoms with van der Waals surface area (Å²) in [4.78, 5) is 15.5. The lowest BCUT2D eigenvalue weighted by molar-refractivity contribution is -0.0227. The van der Waals surface area contributed by atoms with Gasteiger partial charge in [0.05, 0.1) is 24.5 Å². The van der Waals surface area contributed by atoms with E-state index in [0.717, 1.165) is 27.8 Å². The third-order valence-corrected chi connectivity index (χ3v) is 6.85. The largest absolute Gasteiger partial charge is 0.397 e. The summed E-state index contributed by atoms with van der Waals surface area (Å²) in [5.74, 6) is -0.253. The lowest BCUT2D eigenvalue weighted by atomic mass is 9.86. The van der Waals surface area contributed by atoms with Crippen molar-refractivity contribution in [1.82, 2.24) is 15.1 Å². The number of aromatic nitrogens is 2. The van der Waals surface area contributed by atoms with Crippen molar-refractivity contribution in [3.8, 4) is 0 Å². The molecule has 0 atom stereocenters. The van der Waals surface area contributed by atoms with Gasteiger partial charge in [0.25, 0.3) is 5.91 Å². The minimum absolute atomic E-state index is 0.0154. The van der Waals surface area contributed by atoms with E-state index in [1.807, 2.05) is 52.0 Å². The maximum absolute atomic E-state index is 15.5. The maximum Gasteiger partial charge on any atom is 0.266 e. The van der Waals surface area contributed by atoms with E-state index in [9.17, 15) is 4.79 Å². The van der Waals surface area contributed by atoms with E-state index in [2.05, 4.69) is 10.2 Å². The molecule has 2 N–H and O–H groups in total.